The standard InChI is InChI=1S/C26H30N4O5S/c1-29(36(3,33)34)19-24(31)30(18-20-12-14-23(35-2)15-13-20)25(21-9-5-4-6-10-21)26(32)28-17-22-11-7-8-16-27-22/h4-16,25H,17-19H2,1-3H3,(H,28,32). The predicted molar refractivity (Wildman–Crippen MR) is 136 cm³/mol. The molecule has 190 valence electrons. The number of likely N-dealkylation sites (N-methyl/N-ethyl adjacent to an activating group) is 1. The van der Waals surface area contributed by atoms with Crippen molar-refractivity contribution in [3.63, 3.8) is 0 Å². The Hall–Kier alpha value is -3.76. The second-order valence-corrected chi connectivity index (χ2v) is 10.3. The minimum atomic E-state index is -3.61. The number of hydrogen-bond acceptors (Lipinski definition) is 6. The maximum absolute atomic E-state index is 13.6. The van der Waals surface area contributed by atoms with Crippen LogP contribution in [0.25, 0.3) is 0 Å². The van der Waals surface area contributed by atoms with Gasteiger partial charge < -0.3 is 15.0 Å². The molecule has 0 saturated carbocycles. The molecule has 0 spiro atoms. The number of rotatable bonds is 11. The lowest BCUT2D eigenvalue weighted by Gasteiger charge is -2.32. The van der Waals surface area contributed by atoms with Gasteiger partial charge in [0.25, 0.3) is 0 Å². The molecule has 1 N–H and O–H groups in total. The molecule has 9 nitrogen and oxygen atoms in total. The summed E-state index contributed by atoms with van der Waals surface area (Å²) in [7, 11) is -0.720. The molecule has 36 heavy (non-hydrogen) atoms. The van der Waals surface area contributed by atoms with Crippen LogP contribution in [0.1, 0.15) is 22.9 Å². The van der Waals surface area contributed by atoms with E-state index in [0.29, 0.717) is 17.0 Å². The van der Waals surface area contributed by atoms with Gasteiger partial charge in [-0.3, -0.25) is 14.6 Å². The van der Waals surface area contributed by atoms with Crippen LogP contribution in [-0.4, -0.2) is 61.4 Å². The van der Waals surface area contributed by atoms with Crippen LogP contribution in [0.4, 0.5) is 0 Å². The lowest BCUT2D eigenvalue weighted by Crippen LogP contribution is -2.47. The molecule has 10 heteroatoms. The molecule has 0 aliphatic heterocycles. The van der Waals surface area contributed by atoms with E-state index in [1.165, 1.54) is 11.9 Å². The molecule has 0 fully saturated rings. The summed E-state index contributed by atoms with van der Waals surface area (Å²) in [5, 5.41) is 2.87. The second-order valence-electron chi connectivity index (χ2n) is 8.24. The second kappa shape index (κ2) is 12.3. The number of sulfonamides is 1. The van der Waals surface area contributed by atoms with E-state index < -0.39 is 34.4 Å². The van der Waals surface area contributed by atoms with Crippen LogP contribution >= 0.6 is 0 Å². The normalized spacial score (nSPS) is 12.1. The summed E-state index contributed by atoms with van der Waals surface area (Å²) in [6.45, 7) is -0.153. The lowest BCUT2D eigenvalue weighted by atomic mass is 10.0. The number of amides is 2. The van der Waals surface area contributed by atoms with Gasteiger partial charge >= 0.3 is 0 Å². The van der Waals surface area contributed by atoms with Gasteiger partial charge in [0.2, 0.25) is 21.8 Å². The highest BCUT2D eigenvalue weighted by Gasteiger charge is 2.32. The van der Waals surface area contributed by atoms with Crippen LogP contribution in [-0.2, 0) is 32.7 Å². The number of hydrogen-bond donors (Lipinski definition) is 1. The minimum absolute atomic E-state index is 0.0804. The third-order valence-electron chi connectivity index (χ3n) is 5.60. The van der Waals surface area contributed by atoms with Crippen molar-refractivity contribution in [2.24, 2.45) is 0 Å². The first-order chi connectivity index (χ1) is 17.2. The molecule has 0 radical (unpaired) electrons. The third kappa shape index (κ3) is 7.37. The molecule has 2 amide bonds. The van der Waals surface area contributed by atoms with Crippen molar-refractivity contribution in [2.75, 3.05) is 27.0 Å². The molecule has 1 heterocycles. The first-order valence-corrected chi connectivity index (χ1v) is 13.1. The number of methoxy groups -OCH3 is 1. The van der Waals surface area contributed by atoms with E-state index in [2.05, 4.69) is 10.3 Å². The Morgan fingerprint density at radius 1 is 1.00 bits per heavy atom. The van der Waals surface area contributed by atoms with Crippen LogP contribution in [0, 0.1) is 0 Å². The van der Waals surface area contributed by atoms with Crippen LogP contribution < -0.4 is 10.1 Å². The molecule has 2 aromatic carbocycles. The fourth-order valence-electron chi connectivity index (χ4n) is 3.53. The molecule has 1 unspecified atom stereocenters. The maximum Gasteiger partial charge on any atom is 0.247 e. The Morgan fingerprint density at radius 2 is 1.67 bits per heavy atom. The van der Waals surface area contributed by atoms with E-state index in [4.69, 9.17) is 4.74 Å². The van der Waals surface area contributed by atoms with Crippen LogP contribution in [0.5, 0.6) is 5.75 Å². The largest absolute Gasteiger partial charge is 0.497 e. The summed E-state index contributed by atoms with van der Waals surface area (Å²) in [4.78, 5) is 32.7. The van der Waals surface area contributed by atoms with Gasteiger partial charge in [-0.2, -0.15) is 4.31 Å². The molecule has 0 aliphatic rings. The molecule has 0 aliphatic carbocycles. The molecule has 3 rings (SSSR count). The van der Waals surface area contributed by atoms with E-state index in [1.807, 2.05) is 12.1 Å². The van der Waals surface area contributed by atoms with Crippen LogP contribution in [0.15, 0.2) is 79.0 Å². The Labute approximate surface area is 211 Å². The van der Waals surface area contributed by atoms with Gasteiger partial charge in [0.05, 0.1) is 32.1 Å². The Kier molecular flexibility index (Phi) is 9.15. The summed E-state index contributed by atoms with van der Waals surface area (Å²) in [6.07, 6.45) is 2.67. The smallest absolute Gasteiger partial charge is 0.247 e. The summed E-state index contributed by atoms with van der Waals surface area (Å²) >= 11 is 0. The molecular weight excluding hydrogens is 480 g/mol. The van der Waals surface area contributed by atoms with Gasteiger partial charge in [0.15, 0.2) is 0 Å². The third-order valence-corrected chi connectivity index (χ3v) is 6.86. The number of benzene rings is 2. The van der Waals surface area contributed by atoms with Crippen LogP contribution in [0.2, 0.25) is 0 Å². The van der Waals surface area contributed by atoms with E-state index >= 15 is 0 Å². The number of ether oxygens (including phenoxy) is 1. The predicted octanol–water partition coefficient (Wildman–Crippen LogP) is 2.37. The van der Waals surface area contributed by atoms with Crippen molar-refractivity contribution in [1.82, 2.24) is 19.5 Å². The first-order valence-electron chi connectivity index (χ1n) is 11.3. The van der Waals surface area contributed by atoms with Crippen molar-refractivity contribution >= 4 is 21.8 Å². The number of nitrogens with one attached hydrogen (secondary N) is 1. The van der Waals surface area contributed by atoms with Gasteiger partial charge in [-0.05, 0) is 35.4 Å². The Morgan fingerprint density at radius 3 is 2.25 bits per heavy atom. The van der Waals surface area contributed by atoms with Crippen molar-refractivity contribution in [2.45, 2.75) is 19.1 Å². The van der Waals surface area contributed by atoms with Gasteiger partial charge in [-0.1, -0.05) is 48.5 Å². The average Bonchev–Trinajstić information content (AvgIpc) is 2.88. The lowest BCUT2D eigenvalue weighted by molar-refractivity contribution is -0.141. The molecule has 1 aromatic heterocycles. The van der Waals surface area contributed by atoms with Crippen molar-refractivity contribution < 1.29 is 22.7 Å². The van der Waals surface area contributed by atoms with E-state index in [0.717, 1.165) is 16.1 Å². The van der Waals surface area contributed by atoms with Crippen molar-refractivity contribution in [3.05, 3.63) is 95.8 Å². The molecular formula is C26H30N4O5S. The van der Waals surface area contributed by atoms with Gasteiger partial charge in [0.1, 0.15) is 11.8 Å². The fraction of sp³-hybridized carbons (Fsp3) is 0.269. The first kappa shape index (κ1) is 26.8. The zero-order valence-electron chi connectivity index (χ0n) is 20.5. The highest BCUT2D eigenvalue weighted by Crippen LogP contribution is 2.25. The number of aromatic nitrogens is 1. The van der Waals surface area contributed by atoms with Gasteiger partial charge in [-0.15, -0.1) is 0 Å². The summed E-state index contributed by atoms with van der Waals surface area (Å²) < 4.78 is 30.2. The zero-order valence-corrected chi connectivity index (χ0v) is 21.3. The maximum atomic E-state index is 13.6. The number of nitrogens with zero attached hydrogens (tertiary/aromatic N) is 3. The Balaban J connectivity index is 1.97. The summed E-state index contributed by atoms with van der Waals surface area (Å²) in [6, 6.07) is 20.4. The monoisotopic (exact) mass is 510 g/mol. The summed E-state index contributed by atoms with van der Waals surface area (Å²) in [5.41, 5.74) is 2.02. The molecule has 0 bridgehead atoms. The van der Waals surface area contributed by atoms with E-state index in [-0.39, 0.29) is 13.1 Å². The van der Waals surface area contributed by atoms with Gasteiger partial charge in [0, 0.05) is 19.8 Å². The molecule has 0 saturated heterocycles. The topological polar surface area (TPSA) is 109 Å². The SMILES string of the molecule is COc1ccc(CN(C(=O)CN(C)S(C)(=O)=O)C(C(=O)NCc2ccccn2)c2ccccc2)cc1. The highest BCUT2D eigenvalue weighted by molar-refractivity contribution is 7.88. The number of pyridine rings is 1. The summed E-state index contributed by atoms with van der Waals surface area (Å²) in [5.74, 6) is -0.266. The average molecular weight is 511 g/mol. The molecule has 1 atom stereocenters. The number of carbonyl (C=O) groups excluding carboxylic acids is 2. The Bertz CT molecular complexity index is 1250. The number of carbonyl (C=O) groups is 2. The minimum Gasteiger partial charge on any atom is -0.497 e. The van der Waals surface area contributed by atoms with E-state index in [9.17, 15) is 18.0 Å². The zero-order chi connectivity index (χ0) is 26.1. The van der Waals surface area contributed by atoms with E-state index in [1.54, 1.807) is 74.0 Å². The quantitative estimate of drug-likeness (QED) is 0.424. The van der Waals surface area contributed by atoms with Crippen molar-refractivity contribution in [1.29, 1.82) is 0 Å². The highest BCUT2D eigenvalue weighted by atomic mass is 32.2. The fourth-order valence-corrected chi connectivity index (χ4v) is 3.88. The molecule has 3 aromatic rings. The van der Waals surface area contributed by atoms with Crippen molar-refractivity contribution in [3.8, 4) is 5.75 Å². The van der Waals surface area contributed by atoms with Gasteiger partial charge in [-0.25, -0.2) is 8.42 Å². The van der Waals surface area contributed by atoms with Crippen LogP contribution in [0.3, 0.4) is 0 Å².